The molecule has 0 aromatic carbocycles. The van der Waals surface area contributed by atoms with Crippen LogP contribution in [0.4, 0.5) is 10.9 Å². The van der Waals surface area contributed by atoms with Gasteiger partial charge in [0.05, 0.1) is 29.4 Å². The van der Waals surface area contributed by atoms with Crippen LogP contribution in [0.2, 0.25) is 0 Å². The highest BCUT2D eigenvalue weighted by molar-refractivity contribution is 7.17. The molecule has 5 heterocycles. The number of carboxylic acid groups (broad SMARTS) is 1. The SMILES string of the molecule is CC.Cc1csc(-c2nc(NC(=O)c3cnc(N4CCN(CCC(=O)O)CC4)cn3)sc2CN2CCCC2C)c1. The molecule has 0 saturated carbocycles. The second-order valence-electron chi connectivity index (χ2n) is 9.93. The summed E-state index contributed by atoms with van der Waals surface area (Å²) in [5, 5.41) is 14.5. The summed E-state index contributed by atoms with van der Waals surface area (Å²) in [6.45, 7) is 13.8. The van der Waals surface area contributed by atoms with Gasteiger partial charge < -0.3 is 10.0 Å². The molecule has 3 aromatic heterocycles. The van der Waals surface area contributed by atoms with Crippen molar-refractivity contribution in [3.63, 3.8) is 0 Å². The van der Waals surface area contributed by atoms with Gasteiger partial charge in [-0.05, 0) is 50.2 Å². The molecular weight excluding hydrogens is 546 g/mol. The average molecular weight is 586 g/mol. The molecule has 2 fully saturated rings. The molecule has 1 unspecified atom stereocenters. The van der Waals surface area contributed by atoms with Crippen molar-refractivity contribution in [2.24, 2.45) is 0 Å². The Morgan fingerprint density at radius 2 is 1.90 bits per heavy atom. The van der Waals surface area contributed by atoms with Crippen LogP contribution < -0.4 is 10.2 Å². The molecule has 0 spiro atoms. The summed E-state index contributed by atoms with van der Waals surface area (Å²) >= 11 is 3.21. The van der Waals surface area contributed by atoms with Gasteiger partial charge in [0, 0.05) is 50.2 Å². The number of aromatic nitrogens is 3. The number of amides is 1. The van der Waals surface area contributed by atoms with E-state index in [1.807, 2.05) is 13.8 Å². The largest absolute Gasteiger partial charge is 0.481 e. The molecule has 0 radical (unpaired) electrons. The smallest absolute Gasteiger partial charge is 0.304 e. The zero-order valence-electron chi connectivity index (χ0n) is 23.7. The van der Waals surface area contributed by atoms with Crippen LogP contribution in [0.25, 0.3) is 10.6 Å². The van der Waals surface area contributed by atoms with Crippen LogP contribution in [0.3, 0.4) is 0 Å². The second kappa shape index (κ2) is 14.1. The number of carbonyl (C=O) groups is 2. The number of carbonyl (C=O) groups excluding carboxylic acids is 1. The molecular formula is C28H39N7O3S2. The number of nitrogens with one attached hydrogen (secondary N) is 1. The lowest BCUT2D eigenvalue weighted by Gasteiger charge is -2.34. The van der Waals surface area contributed by atoms with Gasteiger partial charge in [0.1, 0.15) is 11.5 Å². The lowest BCUT2D eigenvalue weighted by atomic mass is 10.2. The average Bonchev–Trinajstić information content (AvgIpc) is 3.69. The van der Waals surface area contributed by atoms with Gasteiger partial charge in [0.2, 0.25) is 0 Å². The summed E-state index contributed by atoms with van der Waals surface area (Å²) in [4.78, 5) is 46.5. The van der Waals surface area contributed by atoms with E-state index in [1.165, 1.54) is 40.8 Å². The minimum atomic E-state index is -0.778. The number of thiophene rings is 1. The molecule has 216 valence electrons. The lowest BCUT2D eigenvalue weighted by molar-refractivity contribution is -0.137. The summed E-state index contributed by atoms with van der Waals surface area (Å²) in [6.07, 6.45) is 5.71. The topological polar surface area (TPSA) is 115 Å². The van der Waals surface area contributed by atoms with E-state index < -0.39 is 5.97 Å². The molecule has 12 heteroatoms. The van der Waals surface area contributed by atoms with Crippen molar-refractivity contribution in [3.05, 3.63) is 40.0 Å². The van der Waals surface area contributed by atoms with E-state index in [9.17, 15) is 9.59 Å². The minimum absolute atomic E-state index is 0.149. The van der Waals surface area contributed by atoms with Crippen molar-refractivity contribution < 1.29 is 14.7 Å². The molecule has 2 aliphatic heterocycles. The van der Waals surface area contributed by atoms with E-state index in [-0.39, 0.29) is 18.0 Å². The molecule has 1 atom stereocenters. The van der Waals surface area contributed by atoms with Gasteiger partial charge in [0.25, 0.3) is 5.91 Å². The van der Waals surface area contributed by atoms with E-state index in [1.54, 1.807) is 17.5 Å². The van der Waals surface area contributed by atoms with Crippen LogP contribution in [0.5, 0.6) is 0 Å². The normalized spacial score (nSPS) is 17.9. The molecule has 10 nitrogen and oxygen atoms in total. The molecule has 5 rings (SSSR count). The van der Waals surface area contributed by atoms with Crippen LogP contribution in [0.15, 0.2) is 23.8 Å². The number of carboxylic acids is 1. The predicted molar refractivity (Wildman–Crippen MR) is 162 cm³/mol. The van der Waals surface area contributed by atoms with Gasteiger partial charge in [-0.3, -0.25) is 24.7 Å². The van der Waals surface area contributed by atoms with Crippen molar-refractivity contribution >= 4 is 45.5 Å². The Morgan fingerprint density at radius 3 is 2.50 bits per heavy atom. The van der Waals surface area contributed by atoms with Crippen molar-refractivity contribution in [2.45, 2.75) is 59.5 Å². The van der Waals surface area contributed by atoms with E-state index in [4.69, 9.17) is 10.1 Å². The maximum Gasteiger partial charge on any atom is 0.304 e. The van der Waals surface area contributed by atoms with Gasteiger partial charge in [-0.15, -0.1) is 11.3 Å². The number of piperazine rings is 1. The zero-order chi connectivity index (χ0) is 28.6. The molecule has 40 heavy (non-hydrogen) atoms. The van der Waals surface area contributed by atoms with Crippen LogP contribution in [0.1, 0.15) is 61.0 Å². The highest BCUT2D eigenvalue weighted by atomic mass is 32.1. The number of hydrogen-bond acceptors (Lipinski definition) is 10. The minimum Gasteiger partial charge on any atom is -0.481 e. The van der Waals surface area contributed by atoms with E-state index in [2.05, 4.69) is 55.3 Å². The lowest BCUT2D eigenvalue weighted by Crippen LogP contribution is -2.47. The van der Waals surface area contributed by atoms with Crippen molar-refractivity contribution in [2.75, 3.05) is 49.5 Å². The van der Waals surface area contributed by atoms with Gasteiger partial charge >= 0.3 is 5.97 Å². The summed E-state index contributed by atoms with van der Waals surface area (Å²) < 4.78 is 0. The highest BCUT2D eigenvalue weighted by Gasteiger charge is 2.25. The Balaban J connectivity index is 0.00000181. The Kier molecular flexibility index (Phi) is 10.6. The molecule has 2 aliphatic rings. The first-order valence-electron chi connectivity index (χ1n) is 14.0. The van der Waals surface area contributed by atoms with Crippen LogP contribution in [0, 0.1) is 6.92 Å². The Bertz CT molecular complexity index is 1270. The third kappa shape index (κ3) is 7.62. The second-order valence-corrected chi connectivity index (χ2v) is 11.9. The molecule has 2 N–H and O–H groups in total. The van der Waals surface area contributed by atoms with Gasteiger partial charge in [-0.2, -0.15) is 0 Å². The summed E-state index contributed by atoms with van der Waals surface area (Å²) in [6, 6.07) is 2.70. The van der Waals surface area contributed by atoms with Crippen LogP contribution in [-0.2, 0) is 11.3 Å². The fourth-order valence-corrected chi connectivity index (χ4v) is 6.87. The molecule has 0 aliphatic carbocycles. The Hall–Kier alpha value is -2.93. The number of anilines is 2. The van der Waals surface area contributed by atoms with Gasteiger partial charge in [-0.25, -0.2) is 15.0 Å². The predicted octanol–water partition coefficient (Wildman–Crippen LogP) is 4.83. The number of likely N-dealkylation sites (tertiary alicyclic amines) is 1. The molecule has 0 bridgehead atoms. The first-order valence-corrected chi connectivity index (χ1v) is 15.7. The number of aryl methyl sites for hydroxylation is 1. The third-order valence-electron chi connectivity index (χ3n) is 7.13. The maximum atomic E-state index is 13.0. The number of thiazole rings is 1. The number of nitrogens with zero attached hydrogens (tertiary/aromatic N) is 6. The van der Waals surface area contributed by atoms with Crippen LogP contribution >= 0.6 is 22.7 Å². The zero-order valence-corrected chi connectivity index (χ0v) is 25.4. The maximum absolute atomic E-state index is 13.0. The summed E-state index contributed by atoms with van der Waals surface area (Å²) in [5.74, 6) is -0.391. The number of aliphatic carboxylic acids is 1. The van der Waals surface area contributed by atoms with Gasteiger partial charge in [0.15, 0.2) is 5.13 Å². The summed E-state index contributed by atoms with van der Waals surface area (Å²) in [5.41, 5.74) is 2.40. The Labute approximate surface area is 244 Å². The van der Waals surface area contributed by atoms with E-state index in [0.717, 1.165) is 49.8 Å². The fourth-order valence-electron chi connectivity index (χ4n) is 4.89. The fraction of sp³-hybridized carbons (Fsp3) is 0.536. The first kappa shape index (κ1) is 30.0. The molecule has 2 saturated heterocycles. The van der Waals surface area contributed by atoms with E-state index in [0.29, 0.717) is 23.5 Å². The van der Waals surface area contributed by atoms with Gasteiger partial charge in [-0.1, -0.05) is 25.2 Å². The number of hydrogen-bond donors (Lipinski definition) is 2. The first-order chi connectivity index (χ1) is 19.4. The standard InChI is InChI=1S/C26H33N7O3S2.C2H6/c1-17-12-20(37-16-17)24-21(15-33-6-3-4-18(33)2)38-26(29-24)30-25(36)19-13-28-22(14-27-19)32-10-8-31(9-11-32)7-5-23(34)35;1-2/h12-14,16,18H,3-11,15H2,1-2H3,(H,34,35)(H,29,30,36);1-2H3. The third-order valence-corrected chi connectivity index (χ3v) is 9.14. The van der Waals surface area contributed by atoms with Crippen molar-refractivity contribution in [1.29, 1.82) is 0 Å². The summed E-state index contributed by atoms with van der Waals surface area (Å²) in [7, 11) is 0. The Morgan fingerprint density at radius 1 is 1.12 bits per heavy atom. The van der Waals surface area contributed by atoms with Crippen molar-refractivity contribution in [1.82, 2.24) is 24.8 Å². The quantitative estimate of drug-likeness (QED) is 0.364. The van der Waals surface area contributed by atoms with Crippen molar-refractivity contribution in [3.8, 4) is 10.6 Å². The molecule has 1 amide bonds. The number of rotatable bonds is 9. The van der Waals surface area contributed by atoms with Crippen LogP contribution in [-0.4, -0.2) is 87.0 Å². The highest BCUT2D eigenvalue weighted by Crippen LogP contribution is 2.36. The van der Waals surface area contributed by atoms with E-state index >= 15 is 0 Å². The monoisotopic (exact) mass is 585 g/mol. The molecule has 3 aromatic rings.